The van der Waals surface area contributed by atoms with E-state index in [-0.39, 0.29) is 11.6 Å². The van der Waals surface area contributed by atoms with Crippen molar-refractivity contribution in [1.82, 2.24) is 25.5 Å². The third kappa shape index (κ3) is 3.80. The Balaban J connectivity index is 1.38. The number of nitrogens with one attached hydrogen (secondary N) is 2. The third-order valence-electron chi connectivity index (χ3n) is 4.26. The summed E-state index contributed by atoms with van der Waals surface area (Å²) in [5.41, 5.74) is 3.94. The maximum atomic E-state index is 12.3. The topological polar surface area (TPSA) is 83.6 Å². The van der Waals surface area contributed by atoms with Crippen molar-refractivity contribution in [2.24, 2.45) is 0 Å². The van der Waals surface area contributed by atoms with Gasteiger partial charge in [0.05, 0.1) is 5.69 Å². The Morgan fingerprint density at radius 1 is 1.15 bits per heavy atom. The summed E-state index contributed by atoms with van der Waals surface area (Å²) in [6.45, 7) is 0.490. The number of nitrogens with zero attached hydrogens (tertiary/aromatic N) is 3. The number of carbonyl (C=O) groups excluding carboxylic acids is 1. The van der Waals surface area contributed by atoms with Crippen molar-refractivity contribution in [2.75, 3.05) is 6.54 Å². The maximum Gasteiger partial charge on any atom is 0.271 e. The van der Waals surface area contributed by atoms with Crippen molar-refractivity contribution in [3.63, 3.8) is 0 Å². The van der Waals surface area contributed by atoms with Gasteiger partial charge in [0, 0.05) is 46.6 Å². The molecule has 0 radical (unpaired) electrons. The molecule has 0 aliphatic carbocycles. The van der Waals surface area contributed by atoms with Gasteiger partial charge in [-0.1, -0.05) is 11.6 Å². The van der Waals surface area contributed by atoms with Crippen LogP contribution in [-0.2, 0) is 6.42 Å². The molecule has 1 aromatic carbocycles. The minimum Gasteiger partial charge on any atom is -0.361 e. The number of hydrogen-bond acceptors (Lipinski definition) is 4. The lowest BCUT2D eigenvalue weighted by Crippen LogP contribution is -2.26. The van der Waals surface area contributed by atoms with E-state index in [4.69, 9.17) is 11.6 Å². The van der Waals surface area contributed by atoms with Crippen LogP contribution < -0.4 is 5.32 Å². The number of amides is 1. The number of fused-ring (bicyclic) bond motifs is 1. The zero-order chi connectivity index (χ0) is 18.6. The highest BCUT2D eigenvalue weighted by Crippen LogP contribution is 2.22. The molecule has 2 N–H and O–H groups in total. The van der Waals surface area contributed by atoms with Crippen molar-refractivity contribution < 1.29 is 4.79 Å². The minimum absolute atomic E-state index is 0.252. The number of hydrogen-bond donors (Lipinski definition) is 2. The van der Waals surface area contributed by atoms with Crippen LogP contribution in [0.3, 0.4) is 0 Å². The van der Waals surface area contributed by atoms with Gasteiger partial charge in [-0.25, -0.2) is 0 Å². The number of aromatic amines is 1. The molecule has 0 bridgehead atoms. The van der Waals surface area contributed by atoms with E-state index in [1.54, 1.807) is 24.5 Å². The molecule has 0 saturated carbocycles. The zero-order valence-corrected chi connectivity index (χ0v) is 15.1. The second kappa shape index (κ2) is 7.55. The smallest absolute Gasteiger partial charge is 0.271 e. The molecule has 3 heterocycles. The summed E-state index contributed by atoms with van der Waals surface area (Å²) >= 11 is 6.07. The highest BCUT2D eigenvalue weighted by Gasteiger charge is 2.10. The standard InChI is InChI=1S/C20H16ClN5O/c21-15-3-4-18-16(10-15)13(12-24-18)7-9-23-20(27)19-6-5-17(25-26-19)14-2-1-8-22-11-14/h1-6,8,10-12,24H,7,9H2,(H,23,27). The summed E-state index contributed by atoms with van der Waals surface area (Å²) < 4.78 is 0. The number of H-pyrrole nitrogens is 1. The zero-order valence-electron chi connectivity index (χ0n) is 14.3. The van der Waals surface area contributed by atoms with Crippen molar-refractivity contribution >= 4 is 28.4 Å². The van der Waals surface area contributed by atoms with Gasteiger partial charge in [-0.15, -0.1) is 10.2 Å². The van der Waals surface area contributed by atoms with Gasteiger partial charge in [-0.3, -0.25) is 9.78 Å². The average molecular weight is 378 g/mol. The maximum absolute atomic E-state index is 12.3. The van der Waals surface area contributed by atoms with Gasteiger partial charge < -0.3 is 10.3 Å². The molecule has 4 rings (SSSR count). The molecule has 0 fully saturated rings. The highest BCUT2D eigenvalue weighted by molar-refractivity contribution is 6.31. The van der Waals surface area contributed by atoms with Crippen LogP contribution in [0.5, 0.6) is 0 Å². The van der Waals surface area contributed by atoms with E-state index < -0.39 is 0 Å². The number of pyridine rings is 1. The molecule has 0 saturated heterocycles. The van der Waals surface area contributed by atoms with Gasteiger partial charge in [0.1, 0.15) is 0 Å². The Labute approximate surface area is 160 Å². The molecule has 0 aliphatic heterocycles. The third-order valence-corrected chi connectivity index (χ3v) is 4.50. The normalized spacial score (nSPS) is 10.9. The molecule has 0 spiro atoms. The van der Waals surface area contributed by atoms with Gasteiger partial charge in [0.25, 0.3) is 5.91 Å². The van der Waals surface area contributed by atoms with E-state index in [0.717, 1.165) is 22.0 Å². The first-order valence-corrected chi connectivity index (χ1v) is 8.86. The van der Waals surface area contributed by atoms with Gasteiger partial charge in [0.15, 0.2) is 5.69 Å². The van der Waals surface area contributed by atoms with Crippen LogP contribution in [0.15, 0.2) is 61.1 Å². The first-order valence-electron chi connectivity index (χ1n) is 8.48. The fraction of sp³-hybridized carbons (Fsp3) is 0.100. The fourth-order valence-electron chi connectivity index (χ4n) is 2.88. The number of rotatable bonds is 5. The van der Waals surface area contributed by atoms with E-state index in [9.17, 15) is 4.79 Å². The summed E-state index contributed by atoms with van der Waals surface area (Å²) in [4.78, 5) is 19.5. The Bertz CT molecular complexity index is 1080. The second-order valence-corrected chi connectivity index (χ2v) is 6.49. The molecule has 0 unspecified atom stereocenters. The first-order chi connectivity index (χ1) is 13.2. The van der Waals surface area contributed by atoms with E-state index in [2.05, 4.69) is 25.5 Å². The van der Waals surface area contributed by atoms with Crippen molar-refractivity contribution in [3.05, 3.63) is 77.3 Å². The van der Waals surface area contributed by atoms with Crippen LogP contribution >= 0.6 is 11.6 Å². The van der Waals surface area contributed by atoms with Crippen molar-refractivity contribution in [2.45, 2.75) is 6.42 Å². The van der Waals surface area contributed by atoms with Crippen LogP contribution in [0.2, 0.25) is 5.02 Å². The molecule has 4 aromatic rings. The molecule has 27 heavy (non-hydrogen) atoms. The Hall–Kier alpha value is -3.25. The Morgan fingerprint density at radius 2 is 2.07 bits per heavy atom. The van der Waals surface area contributed by atoms with E-state index >= 15 is 0 Å². The summed E-state index contributed by atoms with van der Waals surface area (Å²) in [6.07, 6.45) is 6.03. The Morgan fingerprint density at radius 3 is 2.85 bits per heavy atom. The fourth-order valence-corrected chi connectivity index (χ4v) is 3.05. The predicted octanol–water partition coefficient (Wildman–Crippen LogP) is 3.65. The van der Waals surface area contributed by atoms with Gasteiger partial charge in [-0.05, 0) is 54.4 Å². The van der Waals surface area contributed by atoms with Crippen LogP contribution in [0.25, 0.3) is 22.2 Å². The highest BCUT2D eigenvalue weighted by atomic mass is 35.5. The van der Waals surface area contributed by atoms with Crippen LogP contribution in [-0.4, -0.2) is 32.6 Å². The van der Waals surface area contributed by atoms with Gasteiger partial charge in [0.2, 0.25) is 0 Å². The number of benzene rings is 1. The summed E-state index contributed by atoms with van der Waals surface area (Å²) in [7, 11) is 0. The molecule has 3 aromatic heterocycles. The van der Waals surface area contributed by atoms with E-state index in [0.29, 0.717) is 23.7 Å². The largest absolute Gasteiger partial charge is 0.361 e. The lowest BCUT2D eigenvalue weighted by Gasteiger charge is -2.05. The lowest BCUT2D eigenvalue weighted by molar-refractivity contribution is 0.0948. The lowest BCUT2D eigenvalue weighted by atomic mass is 10.1. The SMILES string of the molecule is O=C(NCCc1c[nH]c2ccc(Cl)cc12)c1ccc(-c2cccnc2)nn1. The monoisotopic (exact) mass is 377 g/mol. The predicted molar refractivity (Wildman–Crippen MR) is 105 cm³/mol. The Kier molecular flexibility index (Phi) is 4.80. The van der Waals surface area contributed by atoms with Gasteiger partial charge in [-0.2, -0.15) is 0 Å². The number of aromatic nitrogens is 4. The van der Waals surface area contributed by atoms with Crippen LogP contribution in [0.1, 0.15) is 16.1 Å². The van der Waals surface area contributed by atoms with E-state index in [1.165, 1.54) is 0 Å². The van der Waals surface area contributed by atoms with Crippen molar-refractivity contribution in [1.29, 1.82) is 0 Å². The molecule has 7 heteroatoms. The second-order valence-electron chi connectivity index (χ2n) is 6.06. The molecule has 1 amide bonds. The van der Waals surface area contributed by atoms with Crippen LogP contribution in [0.4, 0.5) is 0 Å². The van der Waals surface area contributed by atoms with Crippen molar-refractivity contribution in [3.8, 4) is 11.3 Å². The molecule has 0 atom stereocenters. The van der Waals surface area contributed by atoms with Crippen LogP contribution in [0, 0.1) is 0 Å². The molecular formula is C20H16ClN5O. The van der Waals surface area contributed by atoms with E-state index in [1.807, 2.05) is 36.5 Å². The summed E-state index contributed by atoms with van der Waals surface area (Å²) in [6, 6.07) is 12.9. The number of carbonyl (C=O) groups is 1. The number of halogens is 1. The summed E-state index contributed by atoms with van der Waals surface area (Å²) in [5, 5.41) is 12.8. The van der Waals surface area contributed by atoms with Gasteiger partial charge >= 0.3 is 0 Å². The molecular weight excluding hydrogens is 362 g/mol. The summed E-state index contributed by atoms with van der Waals surface area (Å²) in [5.74, 6) is -0.252. The molecule has 6 nitrogen and oxygen atoms in total. The minimum atomic E-state index is -0.252. The molecule has 134 valence electrons. The quantitative estimate of drug-likeness (QED) is 0.556. The average Bonchev–Trinajstić information content (AvgIpc) is 3.11. The first kappa shape index (κ1) is 17.2. The molecule has 0 aliphatic rings.